The van der Waals surface area contributed by atoms with Crippen molar-refractivity contribution in [3.8, 4) is 0 Å². The van der Waals surface area contributed by atoms with Gasteiger partial charge in [0, 0.05) is 24.5 Å². The summed E-state index contributed by atoms with van der Waals surface area (Å²) in [5.41, 5.74) is 1.59. The molecule has 1 aromatic heterocycles. The van der Waals surface area contributed by atoms with E-state index in [1.807, 2.05) is 6.92 Å². The van der Waals surface area contributed by atoms with E-state index in [0.29, 0.717) is 17.1 Å². The van der Waals surface area contributed by atoms with Gasteiger partial charge in [-0.25, -0.2) is 19.2 Å². The number of hydrogen-bond acceptors (Lipinski definition) is 5. The number of methoxy groups -OCH3 is 1. The Labute approximate surface area is 115 Å². The lowest BCUT2D eigenvalue weighted by atomic mass is 10.1. The first-order valence-corrected chi connectivity index (χ1v) is 5.99. The van der Waals surface area contributed by atoms with E-state index in [-0.39, 0.29) is 6.54 Å². The van der Waals surface area contributed by atoms with Gasteiger partial charge in [0.1, 0.15) is 5.82 Å². The maximum absolute atomic E-state index is 13.7. The van der Waals surface area contributed by atoms with E-state index >= 15 is 0 Å². The Bertz CT molecular complexity index is 614. The van der Waals surface area contributed by atoms with E-state index in [1.54, 1.807) is 12.4 Å². The molecule has 0 aliphatic carbocycles. The van der Waals surface area contributed by atoms with Crippen LogP contribution in [0.25, 0.3) is 0 Å². The Kier molecular flexibility index (Phi) is 4.24. The summed E-state index contributed by atoms with van der Waals surface area (Å²) in [5, 5.41) is 2.90. The number of rotatable bonds is 4. The molecule has 1 heterocycles. The van der Waals surface area contributed by atoms with Crippen LogP contribution in [-0.2, 0) is 11.3 Å². The zero-order chi connectivity index (χ0) is 14.5. The Morgan fingerprint density at radius 2 is 2.05 bits per heavy atom. The zero-order valence-electron chi connectivity index (χ0n) is 11.2. The number of hydrogen-bond donors (Lipinski definition) is 1. The summed E-state index contributed by atoms with van der Waals surface area (Å²) in [6, 6.07) is 4.06. The average molecular weight is 275 g/mol. The smallest absolute Gasteiger partial charge is 0.337 e. The number of carbonyl (C=O) groups is 1. The number of carbonyl (C=O) groups excluding carboxylic acids is 1. The average Bonchev–Trinajstić information content (AvgIpc) is 2.47. The van der Waals surface area contributed by atoms with Gasteiger partial charge in [0.15, 0.2) is 0 Å². The maximum atomic E-state index is 13.7. The van der Waals surface area contributed by atoms with Gasteiger partial charge in [-0.1, -0.05) is 0 Å². The Morgan fingerprint density at radius 3 is 2.70 bits per heavy atom. The molecular formula is C14H14FN3O2. The molecule has 1 aromatic carbocycles. The van der Waals surface area contributed by atoms with Crippen LogP contribution in [0.5, 0.6) is 0 Å². The highest BCUT2D eigenvalue weighted by atomic mass is 19.1. The summed E-state index contributed by atoms with van der Waals surface area (Å²) in [6.45, 7) is 2.06. The van der Waals surface area contributed by atoms with Crippen molar-refractivity contribution in [1.82, 2.24) is 9.97 Å². The number of aryl methyl sites for hydroxylation is 1. The number of esters is 1. The van der Waals surface area contributed by atoms with Crippen molar-refractivity contribution in [3.63, 3.8) is 0 Å². The number of nitrogens with zero attached hydrogens (tertiary/aromatic N) is 2. The minimum atomic E-state index is -0.502. The van der Waals surface area contributed by atoms with Crippen LogP contribution in [-0.4, -0.2) is 23.0 Å². The van der Waals surface area contributed by atoms with Crippen LogP contribution >= 0.6 is 0 Å². The van der Waals surface area contributed by atoms with Crippen LogP contribution in [0, 0.1) is 12.7 Å². The summed E-state index contributed by atoms with van der Waals surface area (Å²) >= 11 is 0. The molecule has 5 nitrogen and oxygen atoms in total. The topological polar surface area (TPSA) is 64.1 Å². The summed E-state index contributed by atoms with van der Waals surface area (Å²) < 4.78 is 18.3. The number of nitrogens with one attached hydrogen (secondary N) is 1. The van der Waals surface area contributed by atoms with Crippen molar-refractivity contribution < 1.29 is 13.9 Å². The second-order valence-electron chi connectivity index (χ2n) is 4.24. The van der Waals surface area contributed by atoms with Crippen LogP contribution in [0.15, 0.2) is 30.6 Å². The lowest BCUT2D eigenvalue weighted by Crippen LogP contribution is -2.08. The standard InChI is InChI=1S/C14H14FN3O2/c1-9-6-16-14(17-7-9)18-8-11-5-10(13(19)20-2)3-4-12(11)15/h3-7H,8H2,1-2H3,(H,16,17,18). The van der Waals surface area contributed by atoms with Crippen molar-refractivity contribution in [2.24, 2.45) is 0 Å². The van der Waals surface area contributed by atoms with E-state index < -0.39 is 11.8 Å². The monoisotopic (exact) mass is 275 g/mol. The van der Waals surface area contributed by atoms with E-state index in [0.717, 1.165) is 5.56 Å². The molecule has 0 saturated carbocycles. The predicted octanol–water partition coefficient (Wildman–Crippen LogP) is 2.32. The van der Waals surface area contributed by atoms with Crippen LogP contribution in [0.2, 0.25) is 0 Å². The third-order valence-corrected chi connectivity index (χ3v) is 2.68. The van der Waals surface area contributed by atoms with Gasteiger partial charge in [0.2, 0.25) is 5.95 Å². The van der Waals surface area contributed by atoms with Crippen molar-refractivity contribution in [2.45, 2.75) is 13.5 Å². The van der Waals surface area contributed by atoms with Crippen molar-refractivity contribution >= 4 is 11.9 Å². The molecule has 0 saturated heterocycles. The summed E-state index contributed by atoms with van der Waals surface area (Å²) in [4.78, 5) is 19.5. The Balaban J connectivity index is 2.12. The van der Waals surface area contributed by atoms with Crippen LogP contribution < -0.4 is 5.32 Å². The first-order chi connectivity index (χ1) is 9.60. The van der Waals surface area contributed by atoms with E-state index in [9.17, 15) is 9.18 Å². The van der Waals surface area contributed by atoms with Crippen LogP contribution in [0.4, 0.5) is 10.3 Å². The number of anilines is 1. The van der Waals surface area contributed by atoms with Gasteiger partial charge in [0.25, 0.3) is 0 Å². The molecule has 0 fully saturated rings. The van der Waals surface area contributed by atoms with Gasteiger partial charge in [-0.3, -0.25) is 0 Å². The quantitative estimate of drug-likeness (QED) is 0.867. The molecule has 104 valence electrons. The molecule has 0 unspecified atom stereocenters. The van der Waals surface area contributed by atoms with Crippen LogP contribution in [0.3, 0.4) is 0 Å². The minimum absolute atomic E-state index is 0.180. The zero-order valence-corrected chi connectivity index (χ0v) is 11.2. The van der Waals surface area contributed by atoms with Gasteiger partial charge >= 0.3 is 5.97 Å². The highest BCUT2D eigenvalue weighted by molar-refractivity contribution is 5.89. The van der Waals surface area contributed by atoms with Gasteiger partial charge in [-0.05, 0) is 30.7 Å². The molecule has 0 spiro atoms. The first kappa shape index (κ1) is 13.9. The number of halogens is 1. The van der Waals surface area contributed by atoms with Gasteiger partial charge in [-0.15, -0.1) is 0 Å². The van der Waals surface area contributed by atoms with Crippen LogP contribution in [0.1, 0.15) is 21.5 Å². The summed E-state index contributed by atoms with van der Waals surface area (Å²) in [5.74, 6) is -0.506. The molecule has 0 amide bonds. The van der Waals surface area contributed by atoms with Gasteiger partial charge in [0.05, 0.1) is 12.7 Å². The van der Waals surface area contributed by atoms with Gasteiger partial charge < -0.3 is 10.1 Å². The fourth-order valence-corrected chi connectivity index (χ4v) is 1.61. The predicted molar refractivity (Wildman–Crippen MR) is 71.8 cm³/mol. The molecule has 0 atom stereocenters. The maximum Gasteiger partial charge on any atom is 0.337 e. The largest absolute Gasteiger partial charge is 0.465 e. The van der Waals surface area contributed by atoms with Crippen molar-refractivity contribution in [1.29, 1.82) is 0 Å². The number of aromatic nitrogens is 2. The molecular weight excluding hydrogens is 261 g/mol. The third kappa shape index (κ3) is 3.28. The molecule has 20 heavy (non-hydrogen) atoms. The molecule has 0 bridgehead atoms. The second kappa shape index (κ2) is 6.10. The molecule has 6 heteroatoms. The molecule has 0 aliphatic heterocycles. The molecule has 1 N–H and O–H groups in total. The highest BCUT2D eigenvalue weighted by Gasteiger charge is 2.10. The third-order valence-electron chi connectivity index (χ3n) is 2.68. The lowest BCUT2D eigenvalue weighted by molar-refractivity contribution is 0.0600. The second-order valence-corrected chi connectivity index (χ2v) is 4.24. The SMILES string of the molecule is COC(=O)c1ccc(F)c(CNc2ncc(C)cn2)c1. The summed E-state index contributed by atoms with van der Waals surface area (Å²) in [6.07, 6.45) is 3.33. The summed E-state index contributed by atoms with van der Waals surface area (Å²) in [7, 11) is 1.28. The fraction of sp³-hybridized carbons (Fsp3) is 0.214. The fourth-order valence-electron chi connectivity index (χ4n) is 1.61. The molecule has 0 radical (unpaired) electrons. The highest BCUT2D eigenvalue weighted by Crippen LogP contribution is 2.13. The Hall–Kier alpha value is -2.50. The van der Waals surface area contributed by atoms with E-state index in [4.69, 9.17) is 0 Å². The normalized spacial score (nSPS) is 10.2. The molecule has 2 rings (SSSR count). The van der Waals surface area contributed by atoms with Crippen molar-refractivity contribution in [3.05, 3.63) is 53.1 Å². The van der Waals surface area contributed by atoms with Gasteiger partial charge in [-0.2, -0.15) is 0 Å². The van der Waals surface area contributed by atoms with Crippen molar-refractivity contribution in [2.75, 3.05) is 12.4 Å². The van der Waals surface area contributed by atoms with E-state index in [2.05, 4.69) is 20.0 Å². The number of ether oxygens (including phenoxy) is 1. The number of benzene rings is 1. The minimum Gasteiger partial charge on any atom is -0.465 e. The molecule has 2 aromatic rings. The lowest BCUT2D eigenvalue weighted by Gasteiger charge is -2.07. The van der Waals surface area contributed by atoms with E-state index in [1.165, 1.54) is 25.3 Å². The Morgan fingerprint density at radius 1 is 1.35 bits per heavy atom. The molecule has 0 aliphatic rings. The first-order valence-electron chi connectivity index (χ1n) is 5.99.